The Hall–Kier alpha value is -1.34. The largest absolute Gasteiger partial charge is 2.00 e. The molecule has 0 fully saturated rings. The van der Waals surface area contributed by atoms with E-state index in [0.29, 0.717) is 0 Å². The Bertz CT molecular complexity index is 353. The maximum atomic E-state index is 10.3. The molecule has 0 spiro atoms. The molecule has 6 nitrogen and oxygen atoms in total. The molecule has 0 rings (SSSR count). The van der Waals surface area contributed by atoms with Gasteiger partial charge in [0, 0.05) is 5.76 Å². The van der Waals surface area contributed by atoms with Crippen molar-refractivity contribution < 1.29 is 29.3 Å². The summed E-state index contributed by atoms with van der Waals surface area (Å²) < 4.78 is 4.01. The van der Waals surface area contributed by atoms with Gasteiger partial charge in [0.25, 0.3) is 6.16 Å². The number of carbonyl (C=O) groups excluding carboxylic acids is 3. The van der Waals surface area contributed by atoms with Gasteiger partial charge >= 0.3 is 23.1 Å². The number of ether oxygens (including phenoxy) is 1. The smallest absolute Gasteiger partial charge is 0.876 e. The monoisotopic (exact) mass is 266 g/mol. The van der Waals surface area contributed by atoms with Crippen LogP contribution in [0.2, 0.25) is 0 Å². The average Bonchev–Trinajstić information content (AvgIpc) is 1.97. The zero-order chi connectivity index (χ0) is 14.0. The molecule has 96 valence electrons. The number of carbonyl (C=O) groups is 3. The molecule has 0 unspecified atom stereocenters. The second-order valence-corrected chi connectivity index (χ2v) is 3.08. The minimum absolute atomic E-state index is 0. The Labute approximate surface area is 121 Å². The first-order valence-corrected chi connectivity index (χ1v) is 4.58. The van der Waals surface area contributed by atoms with Crippen molar-refractivity contribution in [1.29, 1.82) is 0 Å². The summed E-state index contributed by atoms with van der Waals surface area (Å²) in [5, 5.41) is 19.7. The Morgan fingerprint density at radius 2 is 1.28 bits per heavy atom. The van der Waals surface area contributed by atoms with Crippen molar-refractivity contribution in [3.05, 3.63) is 23.7 Å². The molecule has 0 saturated carbocycles. The molecule has 0 radical (unpaired) electrons. The average molecular weight is 267 g/mol. The Balaban J connectivity index is -0.000000251. The standard InChI is InChI=1S/C6H8O4.C5H8O2.Mg/c1-4(7)3-5(2)10-6(8)9;1-4(6)3-5(2)7;/h3H,1-2H3,(H,8,9);3,6H,1-2H3;/q;;+2/p-2/b5-3+;4-3-;. The first-order chi connectivity index (χ1) is 7.65. The summed E-state index contributed by atoms with van der Waals surface area (Å²) in [5.74, 6) is -0.619. The van der Waals surface area contributed by atoms with Crippen LogP contribution in [0.3, 0.4) is 0 Å². The van der Waals surface area contributed by atoms with Crippen LogP contribution in [0.4, 0.5) is 4.79 Å². The van der Waals surface area contributed by atoms with Crippen molar-refractivity contribution in [2.75, 3.05) is 0 Å². The molecule has 0 aliphatic rings. The van der Waals surface area contributed by atoms with E-state index in [4.69, 9.17) is 0 Å². The number of rotatable bonds is 3. The van der Waals surface area contributed by atoms with Crippen molar-refractivity contribution in [3.63, 3.8) is 0 Å². The minimum atomic E-state index is -1.66. The molecule has 0 aromatic heterocycles. The van der Waals surface area contributed by atoms with Crippen LogP contribution < -0.4 is 10.2 Å². The number of ketones is 2. The molecule has 0 aromatic rings. The molecule has 0 aliphatic heterocycles. The van der Waals surface area contributed by atoms with E-state index in [1.807, 2.05) is 0 Å². The van der Waals surface area contributed by atoms with Crippen LogP contribution in [0.5, 0.6) is 0 Å². The van der Waals surface area contributed by atoms with E-state index >= 15 is 0 Å². The molecule has 0 aliphatic carbocycles. The fourth-order valence-electron chi connectivity index (χ4n) is 0.733. The summed E-state index contributed by atoms with van der Waals surface area (Å²) in [6, 6.07) is 0. The van der Waals surface area contributed by atoms with E-state index in [2.05, 4.69) is 4.74 Å². The van der Waals surface area contributed by atoms with Gasteiger partial charge in [-0.25, -0.2) is 0 Å². The van der Waals surface area contributed by atoms with Gasteiger partial charge in [0.15, 0.2) is 11.6 Å². The van der Waals surface area contributed by atoms with Gasteiger partial charge in [-0.2, -0.15) is 0 Å². The maximum Gasteiger partial charge on any atom is 2.00 e. The fraction of sp³-hybridized carbons (Fsp3) is 0.364. The molecule has 0 heterocycles. The number of carboxylic acid groups (broad SMARTS) is 1. The summed E-state index contributed by atoms with van der Waals surface area (Å²) in [6.45, 7) is 5.35. The second kappa shape index (κ2) is 12.1. The van der Waals surface area contributed by atoms with Gasteiger partial charge in [-0.15, -0.1) is 5.76 Å². The van der Waals surface area contributed by atoms with Gasteiger partial charge in [0.05, 0.1) is 0 Å². The topological polar surface area (TPSA) is 107 Å². The van der Waals surface area contributed by atoms with Crippen molar-refractivity contribution in [1.82, 2.24) is 0 Å². The number of allylic oxidation sites excluding steroid dienone is 4. The SMILES string of the molecule is CC(=O)/C=C(/C)[O-].CC(=O)/C=C(\C)OC(=O)[O-].[Mg+2]. The Morgan fingerprint density at radius 1 is 0.889 bits per heavy atom. The predicted molar refractivity (Wildman–Crippen MR) is 61.1 cm³/mol. The van der Waals surface area contributed by atoms with E-state index in [1.54, 1.807) is 0 Å². The molecular formula is C11H14MgO6. The second-order valence-electron chi connectivity index (χ2n) is 3.08. The summed E-state index contributed by atoms with van der Waals surface area (Å²) in [4.78, 5) is 29.9. The Morgan fingerprint density at radius 3 is 1.44 bits per heavy atom. The van der Waals surface area contributed by atoms with E-state index in [-0.39, 0.29) is 46.1 Å². The number of hydrogen-bond donors (Lipinski definition) is 0. The molecule has 7 heteroatoms. The van der Waals surface area contributed by atoms with Crippen molar-refractivity contribution in [3.8, 4) is 0 Å². The van der Waals surface area contributed by atoms with Gasteiger partial charge in [0.1, 0.15) is 0 Å². The van der Waals surface area contributed by atoms with Crippen LogP contribution in [0.15, 0.2) is 23.7 Å². The summed E-state index contributed by atoms with van der Waals surface area (Å²) >= 11 is 0. The van der Waals surface area contributed by atoms with Crippen molar-refractivity contribution >= 4 is 40.8 Å². The molecular weight excluding hydrogens is 252 g/mol. The van der Waals surface area contributed by atoms with Gasteiger partial charge in [-0.1, -0.05) is 6.92 Å². The van der Waals surface area contributed by atoms with Crippen molar-refractivity contribution in [2.45, 2.75) is 27.7 Å². The molecule has 0 aromatic carbocycles. The molecule has 0 bridgehead atoms. The van der Waals surface area contributed by atoms with Crippen LogP contribution >= 0.6 is 0 Å². The van der Waals surface area contributed by atoms with Gasteiger partial charge in [-0.05, 0) is 32.9 Å². The third-order valence-electron chi connectivity index (χ3n) is 1.06. The minimum Gasteiger partial charge on any atom is -0.876 e. The first kappa shape index (κ1) is 21.9. The van der Waals surface area contributed by atoms with E-state index < -0.39 is 6.16 Å². The third-order valence-corrected chi connectivity index (χ3v) is 1.06. The summed E-state index contributed by atoms with van der Waals surface area (Å²) in [6.07, 6.45) is 0.463. The fourth-order valence-corrected chi connectivity index (χ4v) is 0.733. The molecule has 0 saturated heterocycles. The first-order valence-electron chi connectivity index (χ1n) is 4.58. The molecule has 0 amide bonds. The van der Waals surface area contributed by atoms with Crippen LogP contribution in [0.1, 0.15) is 27.7 Å². The van der Waals surface area contributed by atoms with E-state index in [0.717, 1.165) is 12.2 Å². The zero-order valence-corrected chi connectivity index (χ0v) is 12.2. The van der Waals surface area contributed by atoms with Crippen LogP contribution in [0, 0.1) is 0 Å². The summed E-state index contributed by atoms with van der Waals surface area (Å²) in [7, 11) is 0. The van der Waals surface area contributed by atoms with Gasteiger partial charge in [0.2, 0.25) is 0 Å². The molecule has 0 N–H and O–H groups in total. The quantitative estimate of drug-likeness (QED) is 0.289. The number of hydrogen-bond acceptors (Lipinski definition) is 6. The normalized spacial score (nSPS) is 10.4. The van der Waals surface area contributed by atoms with Gasteiger partial charge in [-0.3, -0.25) is 9.59 Å². The van der Waals surface area contributed by atoms with Crippen molar-refractivity contribution in [2.24, 2.45) is 0 Å². The van der Waals surface area contributed by atoms with Crippen LogP contribution in [0.25, 0.3) is 0 Å². The van der Waals surface area contributed by atoms with E-state index in [1.165, 1.54) is 27.7 Å². The molecule has 0 atom stereocenters. The molecule has 18 heavy (non-hydrogen) atoms. The van der Waals surface area contributed by atoms with Gasteiger partial charge < -0.3 is 19.7 Å². The predicted octanol–water partition coefficient (Wildman–Crippen LogP) is -0.702. The van der Waals surface area contributed by atoms with Crippen LogP contribution in [-0.2, 0) is 14.3 Å². The zero-order valence-electron chi connectivity index (χ0n) is 10.8. The Kier molecular flexibility index (Phi) is 14.7. The summed E-state index contributed by atoms with van der Waals surface area (Å²) in [5.41, 5.74) is 0. The maximum absolute atomic E-state index is 10.3. The van der Waals surface area contributed by atoms with Crippen LogP contribution in [-0.4, -0.2) is 40.8 Å². The third kappa shape index (κ3) is 24.1. The van der Waals surface area contributed by atoms with E-state index in [9.17, 15) is 24.6 Å².